The highest BCUT2D eigenvalue weighted by Crippen LogP contribution is 2.21. The first-order valence-electron chi connectivity index (χ1n) is 8.05. The lowest BCUT2D eigenvalue weighted by Gasteiger charge is -2.07. The molecule has 9 heteroatoms. The normalized spacial score (nSPS) is 11.2. The van der Waals surface area contributed by atoms with Gasteiger partial charge >= 0.3 is 0 Å². The Morgan fingerprint density at radius 3 is 2.88 bits per heavy atom. The number of halogens is 2. The monoisotopic (exact) mass is 415 g/mol. The van der Waals surface area contributed by atoms with Gasteiger partial charge in [0.05, 0.1) is 34.5 Å². The lowest BCUT2D eigenvalue weighted by atomic mass is 10.2. The van der Waals surface area contributed by atoms with E-state index in [-0.39, 0.29) is 12.4 Å². The largest absolute Gasteiger partial charge is 0.321 e. The molecular formula is C17H15BrFN7. The van der Waals surface area contributed by atoms with Crippen LogP contribution in [0.5, 0.6) is 0 Å². The van der Waals surface area contributed by atoms with Crippen LogP contribution in [-0.4, -0.2) is 29.5 Å². The van der Waals surface area contributed by atoms with E-state index in [1.807, 2.05) is 13.1 Å². The molecule has 0 fully saturated rings. The maximum atomic E-state index is 14.3. The molecule has 132 valence electrons. The summed E-state index contributed by atoms with van der Waals surface area (Å²) in [7, 11) is 0. The van der Waals surface area contributed by atoms with Crippen molar-refractivity contribution in [2.24, 2.45) is 0 Å². The van der Waals surface area contributed by atoms with Crippen molar-refractivity contribution in [1.29, 1.82) is 0 Å². The van der Waals surface area contributed by atoms with Crippen LogP contribution >= 0.6 is 15.9 Å². The molecule has 3 aromatic heterocycles. The van der Waals surface area contributed by atoms with Gasteiger partial charge in [-0.1, -0.05) is 12.1 Å². The van der Waals surface area contributed by atoms with Crippen molar-refractivity contribution in [3.05, 3.63) is 58.8 Å². The first kappa shape index (κ1) is 16.6. The van der Waals surface area contributed by atoms with E-state index in [9.17, 15) is 4.39 Å². The van der Waals surface area contributed by atoms with Crippen LogP contribution in [0.3, 0.4) is 0 Å². The highest BCUT2D eigenvalue weighted by Gasteiger charge is 2.11. The highest BCUT2D eigenvalue weighted by atomic mass is 79.9. The smallest absolute Gasteiger partial charge is 0.229 e. The number of anilines is 2. The average molecular weight is 416 g/mol. The van der Waals surface area contributed by atoms with Crippen LogP contribution in [0.4, 0.5) is 16.0 Å². The molecule has 0 aliphatic rings. The van der Waals surface area contributed by atoms with Crippen LogP contribution in [0.1, 0.15) is 12.5 Å². The number of rotatable bonds is 5. The number of fused-ring (bicyclic) bond motifs is 1. The quantitative estimate of drug-likeness (QED) is 0.537. The van der Waals surface area contributed by atoms with Crippen molar-refractivity contribution in [3.8, 4) is 0 Å². The minimum Gasteiger partial charge on any atom is -0.321 e. The number of hydrogen-bond donors (Lipinski definition) is 1. The van der Waals surface area contributed by atoms with E-state index < -0.39 is 0 Å². The van der Waals surface area contributed by atoms with Gasteiger partial charge in [0.25, 0.3) is 0 Å². The summed E-state index contributed by atoms with van der Waals surface area (Å²) in [6, 6.07) is 5.19. The Labute approximate surface area is 157 Å². The lowest BCUT2D eigenvalue weighted by Crippen LogP contribution is -2.06. The predicted octanol–water partition coefficient (Wildman–Crippen LogP) is 3.74. The van der Waals surface area contributed by atoms with Gasteiger partial charge in [0.2, 0.25) is 5.95 Å². The summed E-state index contributed by atoms with van der Waals surface area (Å²) in [4.78, 5) is 8.82. The summed E-state index contributed by atoms with van der Waals surface area (Å²) >= 11 is 3.21. The number of aryl methyl sites for hydroxylation is 1. The summed E-state index contributed by atoms with van der Waals surface area (Å²) in [5.74, 6) is 0.139. The molecule has 0 atom stereocenters. The number of aromatic nitrogens is 6. The first-order valence-corrected chi connectivity index (χ1v) is 8.84. The Balaban J connectivity index is 1.65. The van der Waals surface area contributed by atoms with Gasteiger partial charge in [-0.2, -0.15) is 15.2 Å². The first-order chi connectivity index (χ1) is 12.6. The zero-order chi connectivity index (χ0) is 18.1. The van der Waals surface area contributed by atoms with Gasteiger partial charge in [-0.15, -0.1) is 0 Å². The van der Waals surface area contributed by atoms with Crippen LogP contribution in [0.15, 0.2) is 47.5 Å². The van der Waals surface area contributed by atoms with E-state index in [1.54, 1.807) is 46.2 Å². The average Bonchev–Trinajstić information content (AvgIpc) is 3.26. The van der Waals surface area contributed by atoms with E-state index >= 15 is 0 Å². The van der Waals surface area contributed by atoms with Crippen molar-refractivity contribution < 1.29 is 4.39 Å². The summed E-state index contributed by atoms with van der Waals surface area (Å²) < 4.78 is 18.1. The zero-order valence-electron chi connectivity index (χ0n) is 13.9. The molecular weight excluding hydrogens is 401 g/mol. The maximum Gasteiger partial charge on any atom is 0.229 e. The van der Waals surface area contributed by atoms with Crippen LogP contribution in [0, 0.1) is 5.82 Å². The fraction of sp³-hybridized carbons (Fsp3) is 0.176. The molecule has 0 amide bonds. The van der Waals surface area contributed by atoms with Crippen molar-refractivity contribution in [3.63, 3.8) is 0 Å². The van der Waals surface area contributed by atoms with Gasteiger partial charge in [-0.3, -0.25) is 4.68 Å². The number of benzene rings is 1. The van der Waals surface area contributed by atoms with Crippen molar-refractivity contribution in [2.75, 3.05) is 5.32 Å². The fourth-order valence-corrected chi connectivity index (χ4v) is 3.01. The third-order valence-corrected chi connectivity index (χ3v) is 4.55. The van der Waals surface area contributed by atoms with Crippen molar-refractivity contribution >= 4 is 38.6 Å². The van der Waals surface area contributed by atoms with E-state index in [0.717, 1.165) is 17.6 Å². The van der Waals surface area contributed by atoms with Crippen LogP contribution in [0.2, 0.25) is 0 Å². The predicted molar refractivity (Wildman–Crippen MR) is 99.7 cm³/mol. The van der Waals surface area contributed by atoms with Crippen LogP contribution in [0.25, 0.3) is 11.0 Å². The van der Waals surface area contributed by atoms with Gasteiger partial charge in [-0.25, -0.2) is 14.1 Å². The Bertz CT molecular complexity index is 1070. The molecule has 0 aliphatic heterocycles. The summed E-state index contributed by atoms with van der Waals surface area (Å²) in [5, 5.41) is 12.4. The highest BCUT2D eigenvalue weighted by molar-refractivity contribution is 9.10. The molecule has 0 bridgehead atoms. The summed E-state index contributed by atoms with van der Waals surface area (Å²) in [6.07, 6.45) is 6.95. The van der Waals surface area contributed by atoms with E-state index in [1.165, 1.54) is 0 Å². The topological polar surface area (TPSA) is 73.5 Å². The molecule has 0 unspecified atom stereocenters. The molecule has 0 aliphatic carbocycles. The van der Waals surface area contributed by atoms with Gasteiger partial charge in [0.15, 0.2) is 5.65 Å². The molecule has 7 nitrogen and oxygen atoms in total. The van der Waals surface area contributed by atoms with E-state index in [4.69, 9.17) is 0 Å². The molecule has 1 aromatic carbocycles. The fourth-order valence-electron chi connectivity index (χ4n) is 2.60. The summed E-state index contributed by atoms with van der Waals surface area (Å²) in [6.45, 7) is 3.07. The van der Waals surface area contributed by atoms with Gasteiger partial charge in [0.1, 0.15) is 5.82 Å². The third-order valence-electron chi connectivity index (χ3n) is 3.94. The molecule has 0 saturated carbocycles. The van der Waals surface area contributed by atoms with Gasteiger partial charge < -0.3 is 5.32 Å². The number of nitrogens with one attached hydrogen (secondary N) is 1. The van der Waals surface area contributed by atoms with Gasteiger partial charge in [0, 0.05) is 24.5 Å². The second kappa shape index (κ2) is 6.83. The standard InChI is InChI=1S/C17H15BrFN7/c1-2-25-10-13(8-21-25)23-17-20-6-12-7-22-26(16(12)24-17)9-11-4-3-5-14(18)15(11)19/h3-8,10H,2,9H2,1H3,(H,20,23,24). The lowest BCUT2D eigenvalue weighted by molar-refractivity contribution is 0.583. The Morgan fingerprint density at radius 1 is 1.19 bits per heavy atom. The van der Waals surface area contributed by atoms with E-state index in [0.29, 0.717) is 21.6 Å². The SMILES string of the molecule is CCn1cc(Nc2ncc3cnn(Cc4cccc(Br)c4F)c3n2)cn1. The molecule has 26 heavy (non-hydrogen) atoms. The van der Waals surface area contributed by atoms with Crippen molar-refractivity contribution in [2.45, 2.75) is 20.0 Å². The zero-order valence-corrected chi connectivity index (χ0v) is 15.5. The molecule has 0 saturated heterocycles. The number of nitrogens with zero attached hydrogens (tertiary/aromatic N) is 6. The minimum atomic E-state index is -0.296. The van der Waals surface area contributed by atoms with Crippen LogP contribution in [-0.2, 0) is 13.1 Å². The molecule has 1 N–H and O–H groups in total. The Hall–Kier alpha value is -2.81. The third kappa shape index (κ3) is 3.17. The molecule has 3 heterocycles. The molecule has 0 radical (unpaired) electrons. The molecule has 4 rings (SSSR count). The van der Waals surface area contributed by atoms with E-state index in [2.05, 4.69) is 41.4 Å². The minimum absolute atomic E-state index is 0.277. The Morgan fingerprint density at radius 2 is 2.08 bits per heavy atom. The maximum absolute atomic E-state index is 14.3. The molecule has 4 aromatic rings. The van der Waals surface area contributed by atoms with Crippen LogP contribution < -0.4 is 5.32 Å². The summed E-state index contributed by atoms with van der Waals surface area (Å²) in [5.41, 5.74) is 1.96. The second-order valence-electron chi connectivity index (χ2n) is 5.70. The number of hydrogen-bond acceptors (Lipinski definition) is 5. The molecule has 0 spiro atoms. The van der Waals surface area contributed by atoms with Gasteiger partial charge in [-0.05, 0) is 28.9 Å². The second-order valence-corrected chi connectivity index (χ2v) is 6.55. The van der Waals surface area contributed by atoms with Crippen molar-refractivity contribution in [1.82, 2.24) is 29.5 Å². The Kier molecular flexibility index (Phi) is 4.37.